The minimum absolute atomic E-state index is 0.0454. The van der Waals surface area contributed by atoms with Crippen LogP contribution in [0.5, 0.6) is 0 Å². The summed E-state index contributed by atoms with van der Waals surface area (Å²) in [6.45, 7) is 12.2. The maximum absolute atomic E-state index is 10.3. The van der Waals surface area contributed by atoms with E-state index in [1.807, 2.05) is 6.92 Å². The Hall–Kier alpha value is -1.18. The van der Waals surface area contributed by atoms with Crippen molar-refractivity contribution in [1.29, 1.82) is 0 Å². The molecule has 0 spiro atoms. The van der Waals surface area contributed by atoms with Gasteiger partial charge in [0.05, 0.1) is 0 Å². The average molecular weight is 389 g/mol. The smallest absolute Gasteiger partial charge is 0.160 e. The van der Waals surface area contributed by atoms with E-state index in [0.29, 0.717) is 17.6 Å². The van der Waals surface area contributed by atoms with E-state index in [4.69, 9.17) is 0 Å². The number of allylic oxidation sites excluding steroid dienone is 2. The molecule has 2 aliphatic carbocycles. The quantitative estimate of drug-likeness (QED) is 0.291. The molecule has 0 unspecified atom stereocenters. The Morgan fingerprint density at radius 1 is 0.643 bits per heavy atom. The van der Waals surface area contributed by atoms with E-state index in [9.17, 15) is 10.2 Å². The molecule has 2 N–H and O–H groups in total. The van der Waals surface area contributed by atoms with Gasteiger partial charge in [-0.05, 0) is 79.8 Å². The fourth-order valence-corrected chi connectivity index (χ4v) is 5.56. The van der Waals surface area contributed by atoms with Crippen LogP contribution in [0.4, 0.5) is 0 Å². The van der Waals surface area contributed by atoms with Gasteiger partial charge in [-0.1, -0.05) is 72.0 Å². The molecular formula is C26H44O2. The van der Waals surface area contributed by atoms with Crippen LogP contribution in [0, 0.1) is 23.7 Å². The fraction of sp³-hybridized carbons (Fsp3) is 0.769. The van der Waals surface area contributed by atoms with Crippen LogP contribution < -0.4 is 0 Å². The van der Waals surface area contributed by atoms with Gasteiger partial charge in [0.15, 0.2) is 11.5 Å². The molecule has 0 bridgehead atoms. The number of aliphatic hydroxyl groups excluding tert-OH is 2. The van der Waals surface area contributed by atoms with E-state index in [1.165, 1.54) is 64.2 Å². The van der Waals surface area contributed by atoms with Crippen molar-refractivity contribution in [2.45, 2.75) is 104 Å². The molecule has 2 saturated carbocycles. The van der Waals surface area contributed by atoms with E-state index >= 15 is 0 Å². The molecule has 2 heteroatoms. The first-order valence-electron chi connectivity index (χ1n) is 11.9. The minimum Gasteiger partial charge on any atom is -0.504 e. The lowest BCUT2D eigenvalue weighted by atomic mass is 9.68. The first kappa shape index (κ1) is 23.1. The van der Waals surface area contributed by atoms with Crippen molar-refractivity contribution in [3.8, 4) is 0 Å². The molecule has 0 amide bonds. The monoisotopic (exact) mass is 388 g/mol. The second-order valence-electron chi connectivity index (χ2n) is 9.54. The van der Waals surface area contributed by atoms with Crippen LogP contribution >= 0.6 is 0 Å². The highest BCUT2D eigenvalue weighted by Crippen LogP contribution is 2.43. The Morgan fingerprint density at radius 2 is 1.07 bits per heavy atom. The third kappa shape index (κ3) is 6.71. The highest BCUT2D eigenvalue weighted by atomic mass is 16.3. The summed E-state index contributed by atoms with van der Waals surface area (Å²) in [5.41, 5.74) is 1.27. The maximum Gasteiger partial charge on any atom is 0.160 e. The molecule has 0 saturated heterocycles. The largest absolute Gasteiger partial charge is 0.504 e. The second-order valence-corrected chi connectivity index (χ2v) is 9.54. The standard InChI is InChI=1S/C26H44O2/c1-5-7-19(3)25(27)26(28)20(4)9-10-22-13-17-24(18-14-22)23-15-11-21(8-6-2)12-16-23/h21-24,27-28H,3-18H2,1-2H3/b26-25-. The first-order valence-corrected chi connectivity index (χ1v) is 11.9. The Morgan fingerprint density at radius 3 is 1.50 bits per heavy atom. The van der Waals surface area contributed by atoms with Gasteiger partial charge in [0.25, 0.3) is 0 Å². The molecule has 160 valence electrons. The van der Waals surface area contributed by atoms with Gasteiger partial charge in [0.2, 0.25) is 0 Å². The molecule has 2 aliphatic rings. The number of hydrogen-bond acceptors (Lipinski definition) is 2. The zero-order valence-corrected chi connectivity index (χ0v) is 18.5. The topological polar surface area (TPSA) is 40.5 Å². The SMILES string of the molecule is C=C(CCC)/C(O)=C(/O)C(=C)CCC1CCC(C2CCC(CCC)CC2)CC1. The van der Waals surface area contributed by atoms with Gasteiger partial charge in [-0.2, -0.15) is 0 Å². The maximum atomic E-state index is 10.3. The molecule has 2 fully saturated rings. The Balaban J connectivity index is 1.71. The Labute approximate surface area is 173 Å². The van der Waals surface area contributed by atoms with Gasteiger partial charge < -0.3 is 10.2 Å². The lowest BCUT2D eigenvalue weighted by molar-refractivity contribution is 0.141. The first-order chi connectivity index (χ1) is 13.5. The molecule has 0 aromatic carbocycles. The van der Waals surface area contributed by atoms with Crippen molar-refractivity contribution in [3.05, 3.63) is 35.8 Å². The van der Waals surface area contributed by atoms with Crippen LogP contribution in [0.15, 0.2) is 35.8 Å². The summed E-state index contributed by atoms with van der Waals surface area (Å²) in [5.74, 6) is 3.59. The van der Waals surface area contributed by atoms with Gasteiger partial charge in [0.1, 0.15) is 0 Å². The van der Waals surface area contributed by atoms with E-state index in [1.54, 1.807) is 0 Å². The summed E-state index contributed by atoms with van der Waals surface area (Å²) < 4.78 is 0. The molecule has 0 aromatic heterocycles. The highest BCUT2D eigenvalue weighted by molar-refractivity contribution is 5.34. The fourth-order valence-electron chi connectivity index (χ4n) is 5.56. The van der Waals surface area contributed by atoms with Crippen LogP contribution in [0.3, 0.4) is 0 Å². The lowest BCUT2D eigenvalue weighted by Gasteiger charge is -2.38. The summed E-state index contributed by atoms with van der Waals surface area (Å²) in [6, 6.07) is 0. The zero-order valence-electron chi connectivity index (χ0n) is 18.5. The van der Waals surface area contributed by atoms with Gasteiger partial charge in [0, 0.05) is 0 Å². The van der Waals surface area contributed by atoms with Crippen molar-refractivity contribution in [3.63, 3.8) is 0 Å². The summed E-state index contributed by atoms with van der Waals surface area (Å²) in [5, 5.41) is 20.4. The summed E-state index contributed by atoms with van der Waals surface area (Å²) in [7, 11) is 0. The van der Waals surface area contributed by atoms with Crippen molar-refractivity contribution < 1.29 is 10.2 Å². The predicted octanol–water partition coefficient (Wildman–Crippen LogP) is 8.42. The molecule has 0 atom stereocenters. The third-order valence-corrected chi connectivity index (χ3v) is 7.45. The van der Waals surface area contributed by atoms with E-state index < -0.39 is 0 Å². The van der Waals surface area contributed by atoms with Crippen LogP contribution in [-0.2, 0) is 0 Å². The molecule has 2 rings (SSSR count). The number of rotatable bonds is 10. The Bertz CT molecular complexity index is 529. The van der Waals surface area contributed by atoms with E-state index in [0.717, 1.165) is 42.9 Å². The third-order valence-electron chi connectivity index (χ3n) is 7.45. The molecule has 0 heterocycles. The molecule has 0 aromatic rings. The zero-order chi connectivity index (χ0) is 20.5. The van der Waals surface area contributed by atoms with Crippen LogP contribution in [0.1, 0.15) is 104 Å². The van der Waals surface area contributed by atoms with Crippen molar-refractivity contribution in [1.82, 2.24) is 0 Å². The molecule has 0 aliphatic heterocycles. The molecular weight excluding hydrogens is 344 g/mol. The average Bonchev–Trinajstić information content (AvgIpc) is 2.72. The minimum atomic E-state index is -0.0609. The normalized spacial score (nSPS) is 29.2. The van der Waals surface area contributed by atoms with Crippen LogP contribution in [0.2, 0.25) is 0 Å². The highest BCUT2D eigenvalue weighted by Gasteiger charge is 2.30. The van der Waals surface area contributed by atoms with Crippen molar-refractivity contribution >= 4 is 0 Å². The molecule has 2 nitrogen and oxygen atoms in total. The van der Waals surface area contributed by atoms with Gasteiger partial charge >= 0.3 is 0 Å². The number of hydrogen-bond donors (Lipinski definition) is 2. The van der Waals surface area contributed by atoms with E-state index in [2.05, 4.69) is 20.1 Å². The second kappa shape index (κ2) is 11.7. The lowest BCUT2D eigenvalue weighted by Crippen LogP contribution is -2.25. The van der Waals surface area contributed by atoms with Crippen molar-refractivity contribution in [2.75, 3.05) is 0 Å². The van der Waals surface area contributed by atoms with E-state index in [-0.39, 0.29) is 11.5 Å². The van der Waals surface area contributed by atoms with Gasteiger partial charge in [-0.15, -0.1) is 0 Å². The molecule has 0 radical (unpaired) electrons. The summed E-state index contributed by atoms with van der Waals surface area (Å²) in [6.07, 6.45) is 17.5. The summed E-state index contributed by atoms with van der Waals surface area (Å²) >= 11 is 0. The molecule has 28 heavy (non-hydrogen) atoms. The number of aliphatic hydroxyl groups is 2. The van der Waals surface area contributed by atoms with Gasteiger partial charge in [-0.25, -0.2) is 0 Å². The van der Waals surface area contributed by atoms with Crippen molar-refractivity contribution in [2.24, 2.45) is 23.7 Å². The summed E-state index contributed by atoms with van der Waals surface area (Å²) in [4.78, 5) is 0. The Kier molecular flexibility index (Phi) is 9.68. The van der Waals surface area contributed by atoms with Gasteiger partial charge in [-0.3, -0.25) is 0 Å². The van der Waals surface area contributed by atoms with Crippen LogP contribution in [0.25, 0.3) is 0 Å². The van der Waals surface area contributed by atoms with Crippen LogP contribution in [-0.4, -0.2) is 10.2 Å². The predicted molar refractivity (Wildman–Crippen MR) is 121 cm³/mol.